The molecule has 0 amide bonds. The van der Waals surface area contributed by atoms with Gasteiger partial charge in [-0.15, -0.1) is 0 Å². The SMILES string of the molecule is CCCCCCCCc1c[nH]np1. The molecule has 1 rings (SSSR count). The molecule has 13 heavy (non-hydrogen) atoms. The molecule has 0 aromatic carbocycles. The predicted molar refractivity (Wildman–Crippen MR) is 58.2 cm³/mol. The van der Waals surface area contributed by atoms with Crippen LogP contribution in [0.5, 0.6) is 0 Å². The molecule has 0 aliphatic heterocycles. The van der Waals surface area contributed by atoms with E-state index in [0.717, 1.165) is 8.35 Å². The Kier molecular flexibility index (Phi) is 5.84. The fourth-order valence-corrected chi connectivity index (χ4v) is 2.05. The summed E-state index contributed by atoms with van der Waals surface area (Å²) in [5, 5.41) is 4.32. The largest absolute Gasteiger partial charge is 0.281 e. The number of hydrogen-bond acceptors (Lipinski definition) is 1. The lowest BCUT2D eigenvalue weighted by Gasteiger charge is -1.98. The molecule has 1 aromatic rings. The third-order valence-corrected chi connectivity index (χ3v) is 3.08. The summed E-state index contributed by atoms with van der Waals surface area (Å²) in [6.45, 7) is 2.26. The molecular weight excluding hydrogens is 179 g/mol. The van der Waals surface area contributed by atoms with Gasteiger partial charge in [0.25, 0.3) is 0 Å². The van der Waals surface area contributed by atoms with E-state index in [9.17, 15) is 0 Å². The van der Waals surface area contributed by atoms with Gasteiger partial charge < -0.3 is 0 Å². The highest BCUT2D eigenvalue weighted by molar-refractivity contribution is 7.26. The number of aromatic amines is 1. The summed E-state index contributed by atoms with van der Waals surface area (Å²) in [6, 6.07) is 0. The average Bonchev–Trinajstić information content (AvgIpc) is 2.63. The van der Waals surface area contributed by atoms with Gasteiger partial charge in [-0.1, -0.05) is 39.0 Å². The lowest BCUT2D eigenvalue weighted by Crippen LogP contribution is -1.82. The molecule has 0 saturated carbocycles. The maximum absolute atomic E-state index is 4.02. The van der Waals surface area contributed by atoms with Crippen molar-refractivity contribution in [3.63, 3.8) is 0 Å². The van der Waals surface area contributed by atoms with Crippen LogP contribution in [0.2, 0.25) is 0 Å². The molecule has 0 unspecified atom stereocenters. The van der Waals surface area contributed by atoms with Crippen molar-refractivity contribution in [2.75, 3.05) is 0 Å². The number of aromatic nitrogens is 2. The van der Waals surface area contributed by atoms with Gasteiger partial charge >= 0.3 is 0 Å². The Morgan fingerprint density at radius 1 is 1.23 bits per heavy atom. The quantitative estimate of drug-likeness (QED) is 0.661. The highest BCUT2D eigenvalue weighted by Gasteiger charge is 1.94. The maximum atomic E-state index is 4.02. The van der Waals surface area contributed by atoms with Crippen molar-refractivity contribution < 1.29 is 0 Å². The smallest absolute Gasteiger partial charge is 0.0657 e. The van der Waals surface area contributed by atoms with E-state index in [1.807, 2.05) is 6.20 Å². The first-order chi connectivity index (χ1) is 6.43. The molecule has 0 radical (unpaired) electrons. The van der Waals surface area contributed by atoms with E-state index in [4.69, 9.17) is 0 Å². The summed E-state index contributed by atoms with van der Waals surface area (Å²) in [5.74, 6) is 0. The maximum Gasteiger partial charge on any atom is 0.0657 e. The zero-order chi connectivity index (χ0) is 9.36. The second-order valence-electron chi connectivity index (χ2n) is 3.48. The minimum absolute atomic E-state index is 1.14. The number of rotatable bonds is 7. The molecule has 2 nitrogen and oxygen atoms in total. The zero-order valence-electron chi connectivity index (χ0n) is 8.42. The number of nitrogens with zero attached hydrogens (tertiary/aromatic N) is 1. The molecule has 1 aromatic heterocycles. The third kappa shape index (κ3) is 5.05. The van der Waals surface area contributed by atoms with Crippen molar-refractivity contribution in [2.24, 2.45) is 0 Å². The van der Waals surface area contributed by atoms with Gasteiger partial charge in [-0.2, -0.15) is 4.86 Å². The predicted octanol–water partition coefficient (Wildman–Crippen LogP) is 3.89. The van der Waals surface area contributed by atoms with Crippen molar-refractivity contribution in [3.8, 4) is 0 Å². The van der Waals surface area contributed by atoms with E-state index < -0.39 is 0 Å². The Bertz CT molecular complexity index is 197. The molecule has 0 aliphatic rings. The van der Waals surface area contributed by atoms with Crippen LogP contribution in [0, 0.1) is 0 Å². The molecule has 0 aliphatic carbocycles. The van der Waals surface area contributed by atoms with E-state index in [1.54, 1.807) is 0 Å². The first-order valence-corrected chi connectivity index (χ1v) is 6.13. The minimum Gasteiger partial charge on any atom is -0.281 e. The van der Waals surface area contributed by atoms with Gasteiger partial charge in [0, 0.05) is 11.5 Å². The molecule has 0 atom stereocenters. The van der Waals surface area contributed by atoms with Gasteiger partial charge in [0.2, 0.25) is 0 Å². The second kappa shape index (κ2) is 7.08. The Morgan fingerprint density at radius 3 is 2.69 bits per heavy atom. The lowest BCUT2D eigenvalue weighted by atomic mass is 10.1. The van der Waals surface area contributed by atoms with Crippen LogP contribution >= 0.6 is 8.35 Å². The van der Waals surface area contributed by atoms with Crippen molar-refractivity contribution in [2.45, 2.75) is 51.9 Å². The summed E-state index contributed by atoms with van der Waals surface area (Å²) in [6.07, 6.45) is 11.5. The summed E-state index contributed by atoms with van der Waals surface area (Å²) in [5.41, 5.74) is 0. The standard InChI is InChI=1S/C10H19N2P/c1-2-3-4-5-6-7-8-10-9-11-12-13-10/h9H,2-8H2,1H3,(H,11,12). The highest BCUT2D eigenvalue weighted by atomic mass is 31.0. The molecule has 0 bridgehead atoms. The molecule has 0 spiro atoms. The average molecular weight is 198 g/mol. The fraction of sp³-hybridized carbons (Fsp3) is 0.800. The van der Waals surface area contributed by atoms with E-state index in [-0.39, 0.29) is 0 Å². The molecule has 74 valence electrons. The lowest BCUT2D eigenvalue weighted by molar-refractivity contribution is 0.609. The van der Waals surface area contributed by atoms with Crippen LogP contribution in [0.3, 0.4) is 0 Å². The summed E-state index contributed by atoms with van der Waals surface area (Å²) >= 11 is 0. The zero-order valence-corrected chi connectivity index (χ0v) is 9.32. The van der Waals surface area contributed by atoms with E-state index >= 15 is 0 Å². The molecule has 0 saturated heterocycles. The number of H-pyrrole nitrogens is 1. The summed E-state index contributed by atoms with van der Waals surface area (Å²) < 4.78 is 0. The molecule has 0 fully saturated rings. The molecule has 3 heteroatoms. The Morgan fingerprint density at radius 2 is 2.00 bits per heavy atom. The van der Waals surface area contributed by atoms with Gasteiger partial charge in [-0.25, -0.2) is 0 Å². The van der Waals surface area contributed by atoms with Crippen LogP contribution in [-0.2, 0) is 6.42 Å². The summed E-state index contributed by atoms with van der Waals surface area (Å²) in [7, 11) is 1.14. The van der Waals surface area contributed by atoms with Crippen LogP contribution < -0.4 is 0 Å². The molecule has 1 N–H and O–H groups in total. The topological polar surface area (TPSA) is 28.7 Å². The van der Waals surface area contributed by atoms with Crippen molar-refractivity contribution in [1.82, 2.24) is 9.96 Å². The minimum atomic E-state index is 1.14. The number of aryl methyl sites for hydroxylation is 1. The van der Waals surface area contributed by atoms with Crippen molar-refractivity contribution in [1.29, 1.82) is 0 Å². The Balaban J connectivity index is 1.90. The van der Waals surface area contributed by atoms with Crippen LogP contribution in [0.1, 0.15) is 50.7 Å². The monoisotopic (exact) mass is 198 g/mol. The first-order valence-electron chi connectivity index (χ1n) is 5.29. The number of nitrogens with one attached hydrogen (secondary N) is 1. The van der Waals surface area contributed by atoms with Crippen LogP contribution in [0.15, 0.2) is 6.20 Å². The van der Waals surface area contributed by atoms with E-state index in [0.29, 0.717) is 0 Å². The van der Waals surface area contributed by atoms with Crippen LogP contribution in [0.4, 0.5) is 0 Å². The van der Waals surface area contributed by atoms with E-state index in [1.165, 1.54) is 50.2 Å². The van der Waals surface area contributed by atoms with Gasteiger partial charge in [-0.3, -0.25) is 5.10 Å². The highest BCUT2D eigenvalue weighted by Crippen LogP contribution is 2.13. The van der Waals surface area contributed by atoms with E-state index in [2.05, 4.69) is 16.9 Å². The van der Waals surface area contributed by atoms with Gasteiger partial charge in [-0.05, 0) is 12.8 Å². The van der Waals surface area contributed by atoms with Gasteiger partial charge in [0.1, 0.15) is 0 Å². The number of unbranched alkanes of at least 4 members (excludes halogenated alkanes) is 5. The van der Waals surface area contributed by atoms with Crippen molar-refractivity contribution >= 4 is 8.35 Å². The summed E-state index contributed by atoms with van der Waals surface area (Å²) in [4.78, 5) is 4.02. The fourth-order valence-electron chi connectivity index (χ4n) is 1.43. The molecule has 1 heterocycles. The van der Waals surface area contributed by atoms with Crippen LogP contribution in [-0.4, -0.2) is 9.96 Å². The van der Waals surface area contributed by atoms with Gasteiger partial charge in [0.15, 0.2) is 0 Å². The Hall–Kier alpha value is -0.360. The van der Waals surface area contributed by atoms with Crippen LogP contribution in [0.25, 0.3) is 0 Å². The number of hydrogen-bond donors (Lipinski definition) is 1. The third-order valence-electron chi connectivity index (χ3n) is 2.25. The Labute approximate surface area is 82.3 Å². The first kappa shape index (κ1) is 10.7. The van der Waals surface area contributed by atoms with Gasteiger partial charge in [0.05, 0.1) is 8.35 Å². The second-order valence-corrected chi connectivity index (χ2v) is 4.46. The normalized spacial score (nSPS) is 11.2. The molecular formula is C10H19N2P. The van der Waals surface area contributed by atoms with Crippen molar-refractivity contribution in [3.05, 3.63) is 11.5 Å².